The number of methoxy groups -OCH3 is 1. The lowest BCUT2D eigenvalue weighted by molar-refractivity contribution is -0.145. The summed E-state index contributed by atoms with van der Waals surface area (Å²) in [6.07, 6.45) is 5.62. The number of nitrogens with one attached hydrogen (secondary N) is 2. The van der Waals surface area contributed by atoms with Crippen LogP contribution in [0.1, 0.15) is 49.0 Å². The average molecular weight is 358 g/mol. The van der Waals surface area contributed by atoms with Gasteiger partial charge in [-0.15, -0.1) is 0 Å². The largest absolute Gasteiger partial charge is 0.467 e. The Hall–Kier alpha value is -2.63. The van der Waals surface area contributed by atoms with Gasteiger partial charge in [-0.3, -0.25) is 9.59 Å². The zero-order valence-electron chi connectivity index (χ0n) is 15.5. The van der Waals surface area contributed by atoms with Crippen LogP contribution in [0.25, 0.3) is 6.08 Å². The van der Waals surface area contributed by atoms with Gasteiger partial charge in [-0.05, 0) is 49.0 Å². The van der Waals surface area contributed by atoms with Gasteiger partial charge in [-0.2, -0.15) is 0 Å². The molecule has 2 rings (SSSR count). The third-order valence-electron chi connectivity index (χ3n) is 4.02. The molecular formula is C20H26N2O4. The van der Waals surface area contributed by atoms with E-state index in [4.69, 9.17) is 4.74 Å². The van der Waals surface area contributed by atoms with Crippen LogP contribution in [0.4, 0.5) is 0 Å². The summed E-state index contributed by atoms with van der Waals surface area (Å²) in [5.74, 6) is -0.642. The first kappa shape index (κ1) is 19.7. The van der Waals surface area contributed by atoms with E-state index in [9.17, 15) is 14.4 Å². The molecule has 1 aromatic rings. The van der Waals surface area contributed by atoms with Crippen molar-refractivity contribution in [2.45, 2.75) is 45.2 Å². The summed E-state index contributed by atoms with van der Waals surface area (Å²) in [6.45, 7) is 3.94. The van der Waals surface area contributed by atoms with Crippen molar-refractivity contribution in [2.75, 3.05) is 7.11 Å². The quantitative estimate of drug-likeness (QED) is 0.552. The van der Waals surface area contributed by atoms with Gasteiger partial charge in [0.1, 0.15) is 6.04 Å². The molecule has 6 heteroatoms. The minimum absolute atomic E-state index is 0.0737. The van der Waals surface area contributed by atoms with Gasteiger partial charge in [0.25, 0.3) is 5.91 Å². The van der Waals surface area contributed by atoms with E-state index in [2.05, 4.69) is 10.6 Å². The highest BCUT2D eigenvalue weighted by molar-refractivity contribution is 5.96. The Kier molecular flexibility index (Phi) is 6.95. The van der Waals surface area contributed by atoms with Crippen molar-refractivity contribution in [1.29, 1.82) is 0 Å². The number of esters is 1. The van der Waals surface area contributed by atoms with Crippen LogP contribution in [0.5, 0.6) is 0 Å². The number of amides is 2. The van der Waals surface area contributed by atoms with E-state index >= 15 is 0 Å². The molecule has 0 saturated heterocycles. The summed E-state index contributed by atoms with van der Waals surface area (Å²) < 4.78 is 4.73. The van der Waals surface area contributed by atoms with Crippen LogP contribution in [-0.4, -0.2) is 37.0 Å². The van der Waals surface area contributed by atoms with Gasteiger partial charge in [-0.25, -0.2) is 4.79 Å². The molecule has 0 radical (unpaired) electrons. The maximum absolute atomic E-state index is 12.1. The molecule has 2 N–H and O–H groups in total. The molecule has 1 fully saturated rings. The Balaban J connectivity index is 1.91. The zero-order valence-corrected chi connectivity index (χ0v) is 15.5. The Morgan fingerprint density at radius 2 is 1.85 bits per heavy atom. The van der Waals surface area contributed by atoms with Crippen molar-refractivity contribution in [3.05, 3.63) is 41.5 Å². The standard InChI is InChI=1S/C20H26N2O4/c1-13(2)12-17(20(25)26-3)22-18(23)11-6-14-4-7-15(8-5-14)19(24)21-16-9-10-16/h4-8,11,13,16-17H,9-10,12H2,1-3H3,(H,21,24)(H,22,23)/b11-6+. The molecule has 0 aromatic heterocycles. The van der Waals surface area contributed by atoms with Crippen molar-refractivity contribution in [2.24, 2.45) is 5.92 Å². The minimum atomic E-state index is -0.661. The third kappa shape index (κ3) is 6.35. The first-order valence-electron chi connectivity index (χ1n) is 8.86. The maximum atomic E-state index is 12.1. The number of carbonyl (C=O) groups excluding carboxylic acids is 3. The molecule has 0 bridgehead atoms. The van der Waals surface area contributed by atoms with Gasteiger partial charge in [-0.1, -0.05) is 26.0 Å². The molecule has 0 heterocycles. The Morgan fingerprint density at radius 3 is 2.38 bits per heavy atom. The lowest BCUT2D eigenvalue weighted by Crippen LogP contribution is -2.41. The molecular weight excluding hydrogens is 332 g/mol. The number of rotatable bonds is 8. The topological polar surface area (TPSA) is 84.5 Å². The van der Waals surface area contributed by atoms with E-state index in [-0.39, 0.29) is 17.7 Å². The molecule has 1 aliphatic rings. The summed E-state index contributed by atoms with van der Waals surface area (Å²) >= 11 is 0. The molecule has 6 nitrogen and oxygen atoms in total. The first-order chi connectivity index (χ1) is 12.4. The molecule has 1 atom stereocenters. The van der Waals surface area contributed by atoms with Crippen LogP contribution in [-0.2, 0) is 14.3 Å². The van der Waals surface area contributed by atoms with Gasteiger partial charge in [0.05, 0.1) is 7.11 Å². The predicted octanol–water partition coefficient (Wildman–Crippen LogP) is 2.30. The third-order valence-corrected chi connectivity index (χ3v) is 4.02. The van der Waals surface area contributed by atoms with E-state index in [0.717, 1.165) is 18.4 Å². The van der Waals surface area contributed by atoms with Gasteiger partial charge in [0.2, 0.25) is 5.91 Å². The predicted molar refractivity (Wildman–Crippen MR) is 99.4 cm³/mol. The second-order valence-corrected chi connectivity index (χ2v) is 6.92. The zero-order chi connectivity index (χ0) is 19.1. The fraction of sp³-hybridized carbons (Fsp3) is 0.450. The molecule has 26 heavy (non-hydrogen) atoms. The fourth-order valence-corrected chi connectivity index (χ4v) is 2.46. The summed E-state index contributed by atoms with van der Waals surface area (Å²) in [7, 11) is 1.30. The van der Waals surface area contributed by atoms with Crippen LogP contribution in [0.15, 0.2) is 30.3 Å². The average Bonchev–Trinajstić information content (AvgIpc) is 3.42. The highest BCUT2D eigenvalue weighted by atomic mass is 16.5. The van der Waals surface area contributed by atoms with Gasteiger partial charge in [0.15, 0.2) is 0 Å². The van der Waals surface area contributed by atoms with Crippen molar-refractivity contribution in [1.82, 2.24) is 10.6 Å². The molecule has 0 aliphatic heterocycles. The molecule has 1 aromatic carbocycles. The highest BCUT2D eigenvalue weighted by Gasteiger charge is 2.23. The smallest absolute Gasteiger partial charge is 0.328 e. The van der Waals surface area contributed by atoms with E-state index in [1.807, 2.05) is 13.8 Å². The van der Waals surface area contributed by atoms with Crippen molar-refractivity contribution in [3.8, 4) is 0 Å². The van der Waals surface area contributed by atoms with Gasteiger partial charge < -0.3 is 15.4 Å². The number of hydrogen-bond acceptors (Lipinski definition) is 4. The van der Waals surface area contributed by atoms with Crippen LogP contribution in [0, 0.1) is 5.92 Å². The normalized spacial score (nSPS) is 14.9. The monoisotopic (exact) mass is 358 g/mol. The molecule has 140 valence electrons. The fourth-order valence-electron chi connectivity index (χ4n) is 2.46. The Labute approximate surface area is 154 Å². The molecule has 1 aliphatic carbocycles. The van der Waals surface area contributed by atoms with Gasteiger partial charge in [0, 0.05) is 17.7 Å². The molecule has 0 spiro atoms. The van der Waals surface area contributed by atoms with Crippen molar-refractivity contribution < 1.29 is 19.1 Å². The lowest BCUT2D eigenvalue weighted by Gasteiger charge is -2.17. The minimum Gasteiger partial charge on any atom is -0.467 e. The second-order valence-electron chi connectivity index (χ2n) is 6.92. The maximum Gasteiger partial charge on any atom is 0.328 e. The molecule has 2 amide bonds. The summed E-state index contributed by atoms with van der Waals surface area (Å²) in [4.78, 5) is 35.7. The van der Waals surface area contributed by atoms with E-state index in [1.54, 1.807) is 30.3 Å². The van der Waals surface area contributed by atoms with Crippen molar-refractivity contribution >= 4 is 23.9 Å². The molecule has 1 unspecified atom stereocenters. The SMILES string of the molecule is COC(=O)C(CC(C)C)NC(=O)/C=C/c1ccc(C(=O)NC2CC2)cc1. The number of ether oxygens (including phenoxy) is 1. The number of hydrogen-bond donors (Lipinski definition) is 2. The lowest BCUT2D eigenvalue weighted by atomic mass is 10.0. The molecule has 1 saturated carbocycles. The first-order valence-corrected chi connectivity index (χ1v) is 8.86. The highest BCUT2D eigenvalue weighted by Crippen LogP contribution is 2.19. The number of carbonyl (C=O) groups is 3. The van der Waals surface area contributed by atoms with Crippen LogP contribution < -0.4 is 10.6 Å². The van der Waals surface area contributed by atoms with E-state index in [1.165, 1.54) is 13.2 Å². The second kappa shape index (κ2) is 9.17. The van der Waals surface area contributed by atoms with Crippen LogP contribution in [0.2, 0.25) is 0 Å². The van der Waals surface area contributed by atoms with E-state index in [0.29, 0.717) is 18.0 Å². The number of benzene rings is 1. The van der Waals surface area contributed by atoms with Gasteiger partial charge >= 0.3 is 5.97 Å². The Morgan fingerprint density at radius 1 is 1.19 bits per heavy atom. The summed E-state index contributed by atoms with van der Waals surface area (Å²) in [5.41, 5.74) is 1.39. The summed E-state index contributed by atoms with van der Waals surface area (Å²) in [5, 5.41) is 5.59. The van der Waals surface area contributed by atoms with E-state index < -0.39 is 12.0 Å². The van der Waals surface area contributed by atoms with Crippen LogP contribution >= 0.6 is 0 Å². The van der Waals surface area contributed by atoms with Crippen molar-refractivity contribution in [3.63, 3.8) is 0 Å². The van der Waals surface area contributed by atoms with Crippen LogP contribution in [0.3, 0.4) is 0 Å². The summed E-state index contributed by atoms with van der Waals surface area (Å²) in [6, 6.07) is 6.66. The Bertz CT molecular complexity index is 676.